The zero-order valence-electron chi connectivity index (χ0n) is 11.0. The highest BCUT2D eigenvalue weighted by atomic mass is 19.1. The summed E-state index contributed by atoms with van der Waals surface area (Å²) in [5.41, 5.74) is 2.07. The summed E-state index contributed by atoms with van der Waals surface area (Å²) in [4.78, 5) is 3.55. The lowest BCUT2D eigenvalue weighted by molar-refractivity contribution is 0.583. The van der Waals surface area contributed by atoms with Crippen molar-refractivity contribution < 1.29 is 8.78 Å². The first-order valence-electron chi connectivity index (χ1n) is 6.61. The molecule has 100 valence electrons. The molecule has 0 fully saturated rings. The zero-order valence-corrected chi connectivity index (χ0v) is 11.0. The molecule has 0 saturated carbocycles. The van der Waals surface area contributed by atoms with E-state index in [1.807, 2.05) is 6.07 Å². The molecule has 0 spiro atoms. The van der Waals surface area contributed by atoms with Gasteiger partial charge in [0.2, 0.25) is 5.95 Å². The molecule has 0 atom stereocenters. The predicted octanol–water partition coefficient (Wildman–Crippen LogP) is 4.76. The zero-order chi connectivity index (χ0) is 13.7. The molecule has 0 bridgehead atoms. The first-order valence-corrected chi connectivity index (χ1v) is 6.61. The van der Waals surface area contributed by atoms with E-state index in [-0.39, 0.29) is 5.82 Å². The molecule has 0 aliphatic heterocycles. The number of unbranched alkanes of at least 4 members (excludes halogenated alkanes) is 2. The van der Waals surface area contributed by atoms with Crippen LogP contribution < -0.4 is 0 Å². The maximum atomic E-state index is 14.0. The fraction of sp³-hybridized carbons (Fsp3) is 0.312. The van der Waals surface area contributed by atoms with Gasteiger partial charge in [0.05, 0.1) is 0 Å². The summed E-state index contributed by atoms with van der Waals surface area (Å²) in [7, 11) is 0. The summed E-state index contributed by atoms with van der Waals surface area (Å²) in [6, 6.07) is 8.01. The number of halogens is 2. The average Bonchev–Trinajstić information content (AvgIpc) is 2.41. The maximum absolute atomic E-state index is 14.0. The molecule has 1 heterocycles. The lowest BCUT2D eigenvalue weighted by atomic mass is 10.0. The van der Waals surface area contributed by atoms with Crippen LogP contribution in [-0.4, -0.2) is 4.98 Å². The topological polar surface area (TPSA) is 12.9 Å². The number of aromatic nitrogens is 1. The summed E-state index contributed by atoms with van der Waals surface area (Å²) >= 11 is 0. The molecule has 0 aliphatic rings. The minimum absolute atomic E-state index is 0.276. The van der Waals surface area contributed by atoms with Crippen LogP contribution in [0.5, 0.6) is 0 Å². The van der Waals surface area contributed by atoms with Crippen LogP contribution in [0.3, 0.4) is 0 Å². The Morgan fingerprint density at radius 3 is 2.53 bits per heavy atom. The Labute approximate surface area is 112 Å². The Balaban J connectivity index is 2.17. The molecule has 0 N–H and O–H groups in total. The quantitative estimate of drug-likeness (QED) is 0.558. The van der Waals surface area contributed by atoms with Gasteiger partial charge in [0.15, 0.2) is 0 Å². The number of rotatable bonds is 5. The van der Waals surface area contributed by atoms with Gasteiger partial charge in [-0.3, -0.25) is 0 Å². The molecular formula is C16H17F2N. The fourth-order valence-corrected chi connectivity index (χ4v) is 2.06. The highest BCUT2D eigenvalue weighted by molar-refractivity contribution is 5.63. The van der Waals surface area contributed by atoms with Crippen LogP contribution in [-0.2, 0) is 6.42 Å². The standard InChI is InChI=1S/C16H17F2N/c1-2-3-4-5-12-6-8-14(15(17)10-12)13-7-9-16(18)19-11-13/h6-11H,2-5H2,1H3. The van der Waals surface area contributed by atoms with E-state index in [9.17, 15) is 8.78 Å². The van der Waals surface area contributed by atoms with E-state index in [4.69, 9.17) is 0 Å². The molecule has 0 amide bonds. The predicted molar refractivity (Wildman–Crippen MR) is 72.8 cm³/mol. The van der Waals surface area contributed by atoms with Crippen LogP contribution in [0, 0.1) is 11.8 Å². The fourth-order valence-electron chi connectivity index (χ4n) is 2.06. The molecule has 2 rings (SSSR count). The van der Waals surface area contributed by atoms with Crippen molar-refractivity contribution in [3.8, 4) is 11.1 Å². The Morgan fingerprint density at radius 1 is 1.05 bits per heavy atom. The molecule has 1 aromatic heterocycles. The molecule has 0 unspecified atom stereocenters. The number of hydrogen-bond donors (Lipinski definition) is 0. The highest BCUT2D eigenvalue weighted by Crippen LogP contribution is 2.23. The van der Waals surface area contributed by atoms with Crippen molar-refractivity contribution in [3.05, 3.63) is 53.9 Å². The lowest BCUT2D eigenvalue weighted by Gasteiger charge is -2.06. The molecular weight excluding hydrogens is 244 g/mol. The number of nitrogens with zero attached hydrogens (tertiary/aromatic N) is 1. The van der Waals surface area contributed by atoms with Crippen LogP contribution in [0.2, 0.25) is 0 Å². The van der Waals surface area contributed by atoms with Crippen molar-refractivity contribution >= 4 is 0 Å². The Kier molecular flexibility index (Phi) is 4.61. The van der Waals surface area contributed by atoms with Crippen molar-refractivity contribution in [1.82, 2.24) is 4.98 Å². The van der Waals surface area contributed by atoms with Gasteiger partial charge in [0, 0.05) is 17.3 Å². The number of benzene rings is 1. The molecule has 2 aromatic rings. The third-order valence-corrected chi connectivity index (χ3v) is 3.14. The average molecular weight is 261 g/mol. The second-order valence-electron chi connectivity index (χ2n) is 4.64. The van der Waals surface area contributed by atoms with Crippen LogP contribution >= 0.6 is 0 Å². The molecule has 3 heteroatoms. The monoisotopic (exact) mass is 261 g/mol. The van der Waals surface area contributed by atoms with Crippen LogP contribution in [0.4, 0.5) is 8.78 Å². The van der Waals surface area contributed by atoms with Crippen LogP contribution in [0.25, 0.3) is 11.1 Å². The van der Waals surface area contributed by atoms with E-state index in [1.165, 1.54) is 18.3 Å². The van der Waals surface area contributed by atoms with Gasteiger partial charge < -0.3 is 0 Å². The van der Waals surface area contributed by atoms with Gasteiger partial charge in [-0.15, -0.1) is 0 Å². The van der Waals surface area contributed by atoms with Gasteiger partial charge in [0.25, 0.3) is 0 Å². The Morgan fingerprint density at radius 2 is 1.89 bits per heavy atom. The van der Waals surface area contributed by atoms with Gasteiger partial charge in [-0.1, -0.05) is 31.9 Å². The van der Waals surface area contributed by atoms with Crippen LogP contribution in [0.1, 0.15) is 31.7 Å². The minimum atomic E-state index is -0.555. The van der Waals surface area contributed by atoms with Crippen molar-refractivity contribution in [1.29, 1.82) is 0 Å². The van der Waals surface area contributed by atoms with Crippen LogP contribution in [0.15, 0.2) is 36.5 Å². The third kappa shape index (κ3) is 3.60. The summed E-state index contributed by atoms with van der Waals surface area (Å²) in [6.07, 6.45) is 5.64. The number of pyridine rings is 1. The molecule has 0 radical (unpaired) electrons. The second-order valence-corrected chi connectivity index (χ2v) is 4.64. The van der Waals surface area contributed by atoms with E-state index in [0.717, 1.165) is 31.2 Å². The maximum Gasteiger partial charge on any atom is 0.212 e. The Hall–Kier alpha value is -1.77. The number of aryl methyl sites for hydroxylation is 1. The highest BCUT2D eigenvalue weighted by Gasteiger charge is 2.07. The first kappa shape index (κ1) is 13.7. The summed E-state index contributed by atoms with van der Waals surface area (Å²) in [6.45, 7) is 2.14. The molecule has 1 nitrogen and oxygen atoms in total. The van der Waals surface area contributed by atoms with Gasteiger partial charge in [-0.25, -0.2) is 9.37 Å². The largest absolute Gasteiger partial charge is 0.228 e. The van der Waals surface area contributed by atoms with E-state index in [0.29, 0.717) is 11.1 Å². The summed E-state index contributed by atoms with van der Waals surface area (Å²) < 4.78 is 26.8. The smallest absolute Gasteiger partial charge is 0.212 e. The number of hydrogen-bond acceptors (Lipinski definition) is 1. The van der Waals surface area contributed by atoms with Crippen molar-refractivity contribution in [2.24, 2.45) is 0 Å². The second kappa shape index (κ2) is 6.41. The third-order valence-electron chi connectivity index (χ3n) is 3.14. The van der Waals surface area contributed by atoms with Crippen molar-refractivity contribution in [3.63, 3.8) is 0 Å². The van der Waals surface area contributed by atoms with Crippen molar-refractivity contribution in [2.75, 3.05) is 0 Å². The Bertz CT molecular complexity index is 535. The van der Waals surface area contributed by atoms with E-state index in [1.54, 1.807) is 12.1 Å². The van der Waals surface area contributed by atoms with E-state index >= 15 is 0 Å². The summed E-state index contributed by atoms with van der Waals surface area (Å²) in [5, 5.41) is 0. The minimum Gasteiger partial charge on any atom is -0.228 e. The van der Waals surface area contributed by atoms with E-state index < -0.39 is 5.95 Å². The normalized spacial score (nSPS) is 10.7. The molecule has 19 heavy (non-hydrogen) atoms. The van der Waals surface area contributed by atoms with Gasteiger partial charge >= 0.3 is 0 Å². The van der Waals surface area contributed by atoms with Crippen molar-refractivity contribution in [2.45, 2.75) is 32.6 Å². The van der Waals surface area contributed by atoms with Gasteiger partial charge in [-0.2, -0.15) is 4.39 Å². The van der Waals surface area contributed by atoms with E-state index in [2.05, 4.69) is 11.9 Å². The lowest BCUT2D eigenvalue weighted by Crippen LogP contribution is -1.91. The SMILES string of the molecule is CCCCCc1ccc(-c2ccc(F)nc2)c(F)c1. The summed E-state index contributed by atoms with van der Waals surface area (Å²) in [5.74, 6) is -0.831. The molecule has 0 aliphatic carbocycles. The first-order chi connectivity index (χ1) is 9.20. The van der Waals surface area contributed by atoms with Gasteiger partial charge in [0.1, 0.15) is 5.82 Å². The molecule has 0 saturated heterocycles. The van der Waals surface area contributed by atoms with Gasteiger partial charge in [-0.05, 0) is 36.6 Å². The molecule has 1 aromatic carbocycles.